The van der Waals surface area contributed by atoms with Crippen LogP contribution < -0.4 is 52.4 Å². The third-order valence-corrected chi connectivity index (χ3v) is 19.1. The first-order valence-electron chi connectivity index (χ1n) is 34.3. The number of likely N-dealkylation sites (tertiary alicyclic amines) is 2. The zero-order chi connectivity index (χ0) is 73.5. The van der Waals surface area contributed by atoms with Crippen molar-refractivity contribution in [3.8, 4) is 34.8 Å². The molecule has 8 atom stereocenters. The molecule has 10 rings (SSSR count). The predicted octanol–water partition coefficient (Wildman–Crippen LogP) is 7.09. The molecule has 0 radical (unpaired) electrons. The van der Waals surface area contributed by atoms with E-state index in [4.69, 9.17) is 20.2 Å². The highest BCUT2D eigenvalue weighted by molar-refractivity contribution is 7.17. The molecule has 6 aromatic heterocycles. The number of pyridine rings is 2. The monoisotopic (exact) mass is 1430 g/mol. The van der Waals surface area contributed by atoms with Gasteiger partial charge in [0.05, 0.1) is 36.2 Å². The van der Waals surface area contributed by atoms with Crippen molar-refractivity contribution in [1.82, 2.24) is 76.9 Å². The molecule has 30 heteroatoms. The van der Waals surface area contributed by atoms with E-state index in [-0.39, 0.29) is 50.2 Å². The Morgan fingerprint density at radius 1 is 0.574 bits per heavy atom. The number of urea groups is 2. The molecule has 0 spiro atoms. The van der Waals surface area contributed by atoms with Crippen LogP contribution in [0.25, 0.3) is 43.5 Å². The predicted molar refractivity (Wildman–Crippen MR) is 381 cm³/mol. The van der Waals surface area contributed by atoms with Crippen molar-refractivity contribution in [2.75, 3.05) is 13.1 Å². The number of rotatable bonds is 23. The number of thiophene rings is 2. The van der Waals surface area contributed by atoms with Gasteiger partial charge in [-0.1, -0.05) is 86.3 Å². The number of hydrogen-bond donors (Lipinski definition) is 8. The Bertz CT molecular complexity index is 4020. The van der Waals surface area contributed by atoms with E-state index in [2.05, 4.69) is 62.1 Å². The molecule has 0 aromatic carbocycles. The minimum atomic E-state index is -1.16. The molecule has 8 heterocycles. The number of Topliss-reactive ketones (excluding diaryl/α,β-unsaturated/α-hetero) is 2. The minimum Gasteiger partial charge on any atom is -0.471 e. The molecule has 542 valence electrons. The highest BCUT2D eigenvalue weighted by atomic mass is 32.1. The van der Waals surface area contributed by atoms with E-state index in [1.54, 1.807) is 43.6 Å². The van der Waals surface area contributed by atoms with Gasteiger partial charge in [0.15, 0.2) is 11.6 Å². The molecule has 2 aliphatic heterocycles. The number of hydrogen-bond acceptors (Lipinski definition) is 20. The van der Waals surface area contributed by atoms with Gasteiger partial charge in [-0.15, -0.1) is 22.7 Å². The lowest BCUT2D eigenvalue weighted by molar-refractivity contribution is -0.144. The fourth-order valence-electron chi connectivity index (χ4n) is 12.0. The minimum absolute atomic E-state index is 0.00522. The fraction of sp³-hybridized carbons (Fsp3) is 0.549. The lowest BCUT2D eigenvalue weighted by atomic mass is 9.80. The molecular formula is C71H94N16O12S2. The van der Waals surface area contributed by atoms with Gasteiger partial charge in [0.2, 0.25) is 47.0 Å². The number of carbonyl (C=O) groups excluding carboxylic acids is 10. The van der Waals surface area contributed by atoms with Crippen LogP contribution in [-0.4, -0.2) is 177 Å². The van der Waals surface area contributed by atoms with Crippen LogP contribution in [0.1, 0.15) is 154 Å². The van der Waals surface area contributed by atoms with Gasteiger partial charge >= 0.3 is 12.1 Å². The first kappa shape index (κ1) is 75.9. The number of nitrogens with one attached hydrogen (secondary N) is 7. The summed E-state index contributed by atoms with van der Waals surface area (Å²) in [6.45, 7) is 23.7. The summed E-state index contributed by atoms with van der Waals surface area (Å²) in [6, 6.07) is 7.05. The summed E-state index contributed by atoms with van der Waals surface area (Å²) < 4.78 is 14.4. The van der Waals surface area contributed by atoms with Crippen molar-refractivity contribution in [3.05, 3.63) is 71.7 Å². The van der Waals surface area contributed by atoms with E-state index in [9.17, 15) is 47.9 Å². The van der Waals surface area contributed by atoms with Crippen LogP contribution >= 0.6 is 22.7 Å². The molecule has 28 nitrogen and oxygen atoms in total. The van der Waals surface area contributed by atoms with E-state index >= 15 is 0 Å². The van der Waals surface area contributed by atoms with Gasteiger partial charge < -0.3 is 62.2 Å². The Balaban J connectivity index is 0.000000237. The van der Waals surface area contributed by atoms with Crippen LogP contribution in [0.5, 0.6) is 11.8 Å². The summed E-state index contributed by atoms with van der Waals surface area (Å²) in [4.78, 5) is 164. The third-order valence-electron chi connectivity index (χ3n) is 17.4. The Morgan fingerprint density at radius 2 is 1.02 bits per heavy atom. The van der Waals surface area contributed by atoms with Crippen molar-refractivity contribution < 1.29 is 57.4 Å². The highest BCUT2D eigenvalue weighted by Gasteiger charge is 2.49. The topological polar surface area (TPSA) is 383 Å². The second-order valence-electron chi connectivity index (χ2n) is 30.4. The molecule has 10 amide bonds. The lowest BCUT2D eigenvalue weighted by Crippen LogP contribution is -2.61. The molecular weight excluding hydrogens is 1330 g/mol. The second kappa shape index (κ2) is 31.7. The molecule has 2 saturated heterocycles. The molecule has 9 N–H and O–H groups in total. The molecule has 0 unspecified atom stereocenters. The normalized spacial score (nSPS) is 19.1. The Hall–Kier alpha value is -9.32. The standard InChI is InChI=1S/C38H50N8O6S.C33H44N8O6S/c1-37(2,3)30(43-36(51)45-38(4,5)6)35(50)46-20-23(52-34-29-24(15-17-53-29)41-31(44-34)25-12-7-8-16-39-25)19-27(46)32(48)42-26(18-21-10-9-11-21)28(47)33(49)40-22-13-14-22;1-8-11-19(23(42)26(34)43)37-28(44)22-16-18(17-41(22)30(45)25(32(2,3)4)38-31(46)40-33(5,6)7)47-29-24-20(13-15-48-24)36-27(39-29)21-12-9-10-14-35-21/h7-8,12,15-17,21-23,26-27,30H,9-11,13-14,18-20H2,1-6H3,(H,40,49)(H,42,48)(H2,43,45,51);9-10,12-15,18-19,22,25H,8,11,16-17H2,1-7H3,(H2,34,43)(H,37,44)(H2,38,40,46)/t23-,26+,27+,30-;18-,19+,22+,25-/m11/s1. The van der Waals surface area contributed by atoms with E-state index < -0.39 is 129 Å². The number of primary amides is 1. The van der Waals surface area contributed by atoms with Gasteiger partial charge in [-0.2, -0.15) is 9.97 Å². The molecule has 4 aliphatic rings. The second-order valence-corrected chi connectivity index (χ2v) is 32.3. The van der Waals surface area contributed by atoms with Crippen LogP contribution in [0, 0.1) is 16.7 Å². The number of aromatic nitrogens is 6. The highest BCUT2D eigenvalue weighted by Crippen LogP contribution is 2.37. The molecule has 2 aliphatic carbocycles. The average molecular weight is 1430 g/mol. The Kier molecular flexibility index (Phi) is 23.8. The van der Waals surface area contributed by atoms with Gasteiger partial charge in [0, 0.05) is 42.4 Å². The van der Waals surface area contributed by atoms with Gasteiger partial charge in [-0.25, -0.2) is 19.6 Å². The van der Waals surface area contributed by atoms with Crippen LogP contribution in [0.3, 0.4) is 0 Å². The van der Waals surface area contributed by atoms with Crippen LogP contribution in [0.2, 0.25) is 0 Å². The fourth-order valence-corrected chi connectivity index (χ4v) is 13.5. The van der Waals surface area contributed by atoms with Crippen molar-refractivity contribution in [3.63, 3.8) is 0 Å². The summed E-state index contributed by atoms with van der Waals surface area (Å²) >= 11 is 2.80. The van der Waals surface area contributed by atoms with E-state index in [1.165, 1.54) is 32.5 Å². The number of nitrogens with zero attached hydrogens (tertiary/aromatic N) is 8. The number of fused-ring (bicyclic) bond motifs is 2. The summed E-state index contributed by atoms with van der Waals surface area (Å²) in [5.41, 5.74) is 5.07. The van der Waals surface area contributed by atoms with Crippen molar-refractivity contribution in [1.29, 1.82) is 0 Å². The smallest absolute Gasteiger partial charge is 0.315 e. The first-order valence-corrected chi connectivity index (χ1v) is 36.0. The van der Waals surface area contributed by atoms with Gasteiger partial charge in [-0.05, 0) is 131 Å². The maximum absolute atomic E-state index is 14.6. The summed E-state index contributed by atoms with van der Waals surface area (Å²) in [6.07, 6.45) is 7.55. The zero-order valence-electron chi connectivity index (χ0n) is 59.6. The number of amides is 10. The number of ether oxygens (including phenoxy) is 2. The number of ketones is 2. The zero-order valence-corrected chi connectivity index (χ0v) is 61.2. The SMILES string of the molecule is CC(C)(C)NC(=O)N[C@H](C(=O)N1C[C@H](Oc2nc(-c3ccccn3)nc3ccsc23)C[C@H]1C(=O)N[C@@H](CC1CCC1)C(=O)C(=O)NC1CC1)C(C)(C)C.CCC[C@H](NC(=O)[C@@H]1C[C@@H](Oc2nc(-c3ccccn3)nc3ccsc23)CN1C(=O)[C@@H](NC(=O)NC(C)(C)C)C(C)(C)C)C(=O)C(N)=O. The molecule has 4 fully saturated rings. The van der Waals surface area contributed by atoms with Crippen LogP contribution in [0.15, 0.2) is 71.7 Å². The maximum atomic E-state index is 14.6. The van der Waals surface area contributed by atoms with Gasteiger partial charge in [-0.3, -0.25) is 48.3 Å². The summed E-state index contributed by atoms with van der Waals surface area (Å²) in [7, 11) is 0. The largest absolute Gasteiger partial charge is 0.471 e. The molecule has 6 aromatic rings. The maximum Gasteiger partial charge on any atom is 0.315 e. The number of carbonyl (C=O) groups is 10. The van der Waals surface area contributed by atoms with Gasteiger partial charge in [0.25, 0.3) is 11.8 Å². The van der Waals surface area contributed by atoms with Crippen molar-refractivity contribution in [2.45, 2.75) is 220 Å². The van der Waals surface area contributed by atoms with Crippen LogP contribution in [-0.2, 0) is 38.4 Å². The summed E-state index contributed by atoms with van der Waals surface area (Å²) in [5.74, 6) is -4.16. The van der Waals surface area contributed by atoms with Crippen molar-refractivity contribution in [2.24, 2.45) is 22.5 Å². The lowest BCUT2D eigenvalue weighted by Gasteiger charge is -2.36. The average Bonchev–Trinajstić information content (AvgIpc) is 1.65. The van der Waals surface area contributed by atoms with Crippen LogP contribution in [0.4, 0.5) is 9.59 Å². The van der Waals surface area contributed by atoms with E-state index in [1.807, 2.05) is 118 Å². The van der Waals surface area contributed by atoms with E-state index in [0.29, 0.717) is 62.2 Å². The third kappa shape index (κ3) is 20.0. The Labute approximate surface area is 595 Å². The summed E-state index contributed by atoms with van der Waals surface area (Å²) in [5, 5.41) is 23.3. The van der Waals surface area contributed by atoms with Gasteiger partial charge in [0.1, 0.15) is 57.2 Å². The number of nitrogens with two attached hydrogens (primary N) is 1. The van der Waals surface area contributed by atoms with E-state index in [0.717, 1.165) is 32.1 Å². The molecule has 0 bridgehead atoms. The molecule has 101 heavy (non-hydrogen) atoms. The molecule has 2 saturated carbocycles. The Morgan fingerprint density at radius 3 is 1.39 bits per heavy atom. The van der Waals surface area contributed by atoms with Crippen molar-refractivity contribution >= 4 is 102 Å². The first-order chi connectivity index (χ1) is 47.5. The quantitative estimate of drug-likeness (QED) is 0.0297.